The van der Waals surface area contributed by atoms with Gasteiger partial charge in [-0.25, -0.2) is 9.78 Å². The van der Waals surface area contributed by atoms with E-state index in [-0.39, 0.29) is 17.8 Å². The zero-order valence-electron chi connectivity index (χ0n) is 13.9. The van der Waals surface area contributed by atoms with E-state index in [1.807, 2.05) is 6.92 Å². The number of aryl methyl sites for hydroxylation is 1. The zero-order chi connectivity index (χ0) is 17.7. The molecule has 2 rings (SSSR count). The molecule has 128 valence electrons. The molecule has 1 atom stereocenters. The number of nitrogens with one attached hydrogen (secondary N) is 1. The van der Waals surface area contributed by atoms with Crippen molar-refractivity contribution in [2.45, 2.75) is 32.9 Å². The predicted octanol–water partition coefficient (Wildman–Crippen LogP) is 3.52. The van der Waals surface area contributed by atoms with Gasteiger partial charge in [0.25, 0.3) is 5.69 Å². The third kappa shape index (κ3) is 4.51. The van der Waals surface area contributed by atoms with Crippen LogP contribution in [0.1, 0.15) is 35.3 Å². The lowest BCUT2D eigenvalue weighted by Crippen LogP contribution is -2.38. The molecule has 0 bridgehead atoms. The number of rotatable bonds is 6. The number of nitrogens with zero attached hydrogens (tertiary/aromatic N) is 3. The van der Waals surface area contributed by atoms with Crippen molar-refractivity contribution in [2.75, 3.05) is 7.05 Å². The first-order valence-electron chi connectivity index (χ1n) is 7.60. The Labute approximate surface area is 144 Å². The van der Waals surface area contributed by atoms with Crippen LogP contribution in [0.15, 0.2) is 30.5 Å². The van der Waals surface area contributed by atoms with Crippen molar-refractivity contribution in [1.29, 1.82) is 0 Å². The van der Waals surface area contributed by atoms with Gasteiger partial charge in [-0.3, -0.25) is 10.1 Å². The van der Waals surface area contributed by atoms with Gasteiger partial charge < -0.3 is 10.2 Å². The number of carbonyl (C=O) groups is 1. The Morgan fingerprint density at radius 3 is 2.88 bits per heavy atom. The van der Waals surface area contributed by atoms with Gasteiger partial charge >= 0.3 is 6.03 Å². The van der Waals surface area contributed by atoms with Gasteiger partial charge in [-0.2, -0.15) is 0 Å². The number of hydrogen-bond acceptors (Lipinski definition) is 5. The molecule has 24 heavy (non-hydrogen) atoms. The van der Waals surface area contributed by atoms with E-state index in [0.717, 1.165) is 16.3 Å². The van der Waals surface area contributed by atoms with E-state index in [0.29, 0.717) is 12.1 Å². The number of carbonyl (C=O) groups excluding carboxylic acids is 1. The van der Waals surface area contributed by atoms with Crippen LogP contribution in [0.25, 0.3) is 0 Å². The van der Waals surface area contributed by atoms with Gasteiger partial charge in [0.1, 0.15) is 0 Å². The Kier molecular flexibility index (Phi) is 5.86. The third-order valence-corrected chi connectivity index (χ3v) is 4.69. The summed E-state index contributed by atoms with van der Waals surface area (Å²) in [5.74, 6) is 0. The van der Waals surface area contributed by atoms with Crippen LogP contribution in [-0.4, -0.2) is 27.9 Å². The molecule has 0 saturated heterocycles. The highest BCUT2D eigenvalue weighted by molar-refractivity contribution is 7.11. The molecular formula is C16H20N4O3S. The highest BCUT2D eigenvalue weighted by atomic mass is 32.1. The molecule has 0 saturated carbocycles. The first-order valence-corrected chi connectivity index (χ1v) is 8.42. The Morgan fingerprint density at radius 2 is 2.25 bits per heavy atom. The highest BCUT2D eigenvalue weighted by Crippen LogP contribution is 2.20. The fourth-order valence-electron chi connectivity index (χ4n) is 2.18. The molecule has 0 aliphatic carbocycles. The fraction of sp³-hybridized carbons (Fsp3) is 0.375. The van der Waals surface area contributed by atoms with E-state index < -0.39 is 4.92 Å². The normalized spacial score (nSPS) is 11.8. The molecule has 1 aromatic carbocycles. The molecular weight excluding hydrogens is 328 g/mol. The number of nitro benzene ring substituents is 1. The van der Waals surface area contributed by atoms with Gasteiger partial charge in [-0.1, -0.05) is 19.1 Å². The molecule has 2 amide bonds. The minimum Gasteiger partial charge on any atom is -0.331 e. The number of non-ortho nitro benzene ring substituents is 1. The molecule has 7 nitrogen and oxygen atoms in total. The summed E-state index contributed by atoms with van der Waals surface area (Å²) in [4.78, 5) is 29.6. The number of nitro groups is 1. The standard InChI is InChI=1S/C16H20N4O3S/c1-4-15-17-9-14(24-15)10-19(3)16(21)18-11(2)12-6-5-7-13(8-12)20(22)23/h5-9,11H,4,10H2,1-3H3,(H,18,21)/t11-/m1/s1. The topological polar surface area (TPSA) is 88.4 Å². The van der Waals surface area contributed by atoms with Gasteiger partial charge in [0.05, 0.1) is 22.5 Å². The van der Waals surface area contributed by atoms with Crippen LogP contribution in [0.2, 0.25) is 0 Å². The van der Waals surface area contributed by atoms with E-state index in [1.54, 1.807) is 48.5 Å². The first-order chi connectivity index (χ1) is 11.4. The van der Waals surface area contributed by atoms with Crippen LogP contribution >= 0.6 is 11.3 Å². The minimum absolute atomic E-state index is 0.0127. The van der Waals surface area contributed by atoms with Crippen LogP contribution in [0, 0.1) is 10.1 Å². The largest absolute Gasteiger partial charge is 0.331 e. The maximum Gasteiger partial charge on any atom is 0.317 e. The Morgan fingerprint density at radius 1 is 1.50 bits per heavy atom. The fourth-order valence-corrected chi connectivity index (χ4v) is 3.09. The first kappa shape index (κ1) is 17.9. The van der Waals surface area contributed by atoms with Crippen molar-refractivity contribution in [3.63, 3.8) is 0 Å². The lowest BCUT2D eigenvalue weighted by Gasteiger charge is -2.21. The summed E-state index contributed by atoms with van der Waals surface area (Å²) in [6, 6.07) is 5.71. The summed E-state index contributed by atoms with van der Waals surface area (Å²) in [7, 11) is 1.71. The minimum atomic E-state index is -0.445. The summed E-state index contributed by atoms with van der Waals surface area (Å²) >= 11 is 1.59. The highest BCUT2D eigenvalue weighted by Gasteiger charge is 2.16. The molecule has 1 N–H and O–H groups in total. The lowest BCUT2D eigenvalue weighted by molar-refractivity contribution is -0.384. The third-order valence-electron chi connectivity index (χ3n) is 3.56. The number of urea groups is 1. The van der Waals surface area contributed by atoms with Gasteiger partial charge in [0.15, 0.2) is 0 Å². The number of amides is 2. The van der Waals surface area contributed by atoms with Crippen molar-refractivity contribution < 1.29 is 9.72 Å². The molecule has 1 aromatic heterocycles. The summed E-state index contributed by atoms with van der Waals surface area (Å²) in [5, 5.41) is 14.7. The second kappa shape index (κ2) is 7.87. The SMILES string of the molecule is CCc1ncc(CN(C)C(=O)N[C@H](C)c2cccc([N+](=O)[O-])c2)s1. The smallest absolute Gasteiger partial charge is 0.317 e. The molecule has 2 aromatic rings. The number of hydrogen-bond donors (Lipinski definition) is 1. The van der Waals surface area contributed by atoms with E-state index in [4.69, 9.17) is 0 Å². The molecule has 0 aliphatic heterocycles. The second-order valence-electron chi connectivity index (χ2n) is 5.45. The Balaban J connectivity index is 1.97. The van der Waals surface area contributed by atoms with Crippen molar-refractivity contribution in [3.05, 3.63) is 56.0 Å². The monoisotopic (exact) mass is 348 g/mol. The Bertz CT molecular complexity index is 732. The molecule has 0 spiro atoms. The van der Waals surface area contributed by atoms with Gasteiger partial charge in [-0.15, -0.1) is 11.3 Å². The van der Waals surface area contributed by atoms with Gasteiger partial charge in [0, 0.05) is 30.3 Å². The summed E-state index contributed by atoms with van der Waals surface area (Å²) < 4.78 is 0. The van der Waals surface area contributed by atoms with Crippen LogP contribution in [0.4, 0.5) is 10.5 Å². The molecule has 1 heterocycles. The molecule has 0 fully saturated rings. The molecule has 8 heteroatoms. The van der Waals surface area contributed by atoms with Crippen LogP contribution in [0.3, 0.4) is 0 Å². The van der Waals surface area contributed by atoms with Crippen molar-refractivity contribution in [1.82, 2.24) is 15.2 Å². The molecule has 0 radical (unpaired) electrons. The average Bonchev–Trinajstić information content (AvgIpc) is 3.02. The van der Waals surface area contributed by atoms with Crippen LogP contribution < -0.4 is 5.32 Å². The quantitative estimate of drug-likeness (QED) is 0.639. The van der Waals surface area contributed by atoms with Crippen molar-refractivity contribution >= 4 is 23.1 Å². The predicted molar refractivity (Wildman–Crippen MR) is 93.0 cm³/mol. The van der Waals surface area contributed by atoms with Crippen molar-refractivity contribution in [3.8, 4) is 0 Å². The van der Waals surface area contributed by atoms with E-state index in [1.165, 1.54) is 12.1 Å². The summed E-state index contributed by atoms with van der Waals surface area (Å²) in [5.41, 5.74) is 0.704. The zero-order valence-corrected chi connectivity index (χ0v) is 14.7. The van der Waals surface area contributed by atoms with E-state index in [9.17, 15) is 14.9 Å². The second-order valence-corrected chi connectivity index (χ2v) is 6.65. The van der Waals surface area contributed by atoms with Crippen LogP contribution in [0.5, 0.6) is 0 Å². The molecule has 0 aliphatic rings. The summed E-state index contributed by atoms with van der Waals surface area (Å²) in [6.45, 7) is 4.32. The van der Waals surface area contributed by atoms with E-state index >= 15 is 0 Å². The Hall–Kier alpha value is -2.48. The number of thiazole rings is 1. The molecule has 0 unspecified atom stereocenters. The lowest BCUT2D eigenvalue weighted by atomic mass is 10.1. The number of benzene rings is 1. The van der Waals surface area contributed by atoms with Gasteiger partial charge in [0.2, 0.25) is 0 Å². The maximum atomic E-state index is 12.3. The van der Waals surface area contributed by atoms with E-state index in [2.05, 4.69) is 10.3 Å². The maximum absolute atomic E-state index is 12.3. The van der Waals surface area contributed by atoms with Gasteiger partial charge in [-0.05, 0) is 18.9 Å². The summed E-state index contributed by atoms with van der Waals surface area (Å²) in [6.07, 6.45) is 2.67. The number of aromatic nitrogens is 1. The van der Waals surface area contributed by atoms with Crippen LogP contribution in [-0.2, 0) is 13.0 Å². The average molecular weight is 348 g/mol. The van der Waals surface area contributed by atoms with Crippen molar-refractivity contribution in [2.24, 2.45) is 0 Å².